The second-order valence-electron chi connectivity index (χ2n) is 6.41. The Morgan fingerprint density at radius 2 is 1.93 bits per heavy atom. The van der Waals surface area contributed by atoms with E-state index in [9.17, 15) is 4.79 Å². The minimum absolute atomic E-state index is 0.0248. The van der Waals surface area contributed by atoms with Crippen LogP contribution in [0.15, 0.2) is 53.2 Å². The van der Waals surface area contributed by atoms with E-state index in [1.54, 1.807) is 42.4 Å². The summed E-state index contributed by atoms with van der Waals surface area (Å²) in [6, 6.07) is 13.0. The standard InChI is InChI=1S/C21H23N3O3/c1-15-20(16(2)27-23-15)14-26-19-9-7-17(8-10-19)21(25)24(3)13-11-18-6-4-5-12-22-18/h4-10,12H,11,13-14H2,1-3H3. The van der Waals surface area contributed by atoms with E-state index >= 15 is 0 Å². The van der Waals surface area contributed by atoms with Gasteiger partial charge in [0.15, 0.2) is 0 Å². The van der Waals surface area contributed by atoms with Gasteiger partial charge in [0.2, 0.25) is 0 Å². The Morgan fingerprint density at radius 1 is 1.15 bits per heavy atom. The summed E-state index contributed by atoms with van der Waals surface area (Å²) in [6.45, 7) is 4.75. The maximum absolute atomic E-state index is 12.6. The number of carbonyl (C=O) groups is 1. The third-order valence-electron chi connectivity index (χ3n) is 4.44. The van der Waals surface area contributed by atoms with Crippen LogP contribution in [-0.4, -0.2) is 34.5 Å². The van der Waals surface area contributed by atoms with E-state index < -0.39 is 0 Å². The smallest absolute Gasteiger partial charge is 0.253 e. The van der Waals surface area contributed by atoms with Crippen LogP contribution in [0.2, 0.25) is 0 Å². The molecule has 0 fully saturated rings. The fourth-order valence-electron chi connectivity index (χ4n) is 2.71. The molecule has 2 heterocycles. The van der Waals surface area contributed by atoms with Crippen molar-refractivity contribution in [1.29, 1.82) is 0 Å². The molecule has 0 atom stereocenters. The van der Waals surface area contributed by atoms with Gasteiger partial charge in [0.1, 0.15) is 18.1 Å². The van der Waals surface area contributed by atoms with Gasteiger partial charge in [-0.05, 0) is 50.2 Å². The summed E-state index contributed by atoms with van der Waals surface area (Å²) in [6.07, 6.45) is 2.49. The zero-order chi connectivity index (χ0) is 19.2. The summed E-state index contributed by atoms with van der Waals surface area (Å²) in [4.78, 5) is 18.5. The number of benzene rings is 1. The van der Waals surface area contributed by atoms with Gasteiger partial charge >= 0.3 is 0 Å². The highest BCUT2D eigenvalue weighted by atomic mass is 16.5. The molecule has 0 radical (unpaired) electrons. The number of ether oxygens (including phenoxy) is 1. The van der Waals surface area contributed by atoms with Crippen molar-refractivity contribution in [3.8, 4) is 5.75 Å². The lowest BCUT2D eigenvalue weighted by atomic mass is 10.2. The van der Waals surface area contributed by atoms with Crippen LogP contribution in [0.5, 0.6) is 5.75 Å². The molecular weight excluding hydrogens is 342 g/mol. The number of rotatable bonds is 7. The summed E-state index contributed by atoms with van der Waals surface area (Å²) in [5.41, 5.74) is 3.38. The first-order valence-electron chi connectivity index (χ1n) is 8.84. The predicted molar refractivity (Wildman–Crippen MR) is 102 cm³/mol. The van der Waals surface area contributed by atoms with Crippen LogP contribution in [0.3, 0.4) is 0 Å². The van der Waals surface area contributed by atoms with Crippen LogP contribution >= 0.6 is 0 Å². The highest BCUT2D eigenvalue weighted by Crippen LogP contribution is 2.18. The number of hydrogen-bond acceptors (Lipinski definition) is 5. The molecule has 0 aliphatic carbocycles. The summed E-state index contributed by atoms with van der Waals surface area (Å²) in [7, 11) is 1.80. The Kier molecular flexibility index (Phi) is 5.86. The third-order valence-corrected chi connectivity index (χ3v) is 4.44. The summed E-state index contributed by atoms with van der Waals surface area (Å²) < 4.78 is 10.9. The minimum Gasteiger partial charge on any atom is -0.489 e. The number of hydrogen-bond donors (Lipinski definition) is 0. The molecule has 2 aromatic heterocycles. The molecular formula is C21H23N3O3. The van der Waals surface area contributed by atoms with E-state index in [4.69, 9.17) is 9.26 Å². The largest absolute Gasteiger partial charge is 0.489 e. The quantitative estimate of drug-likeness (QED) is 0.640. The lowest BCUT2D eigenvalue weighted by molar-refractivity contribution is 0.0796. The van der Waals surface area contributed by atoms with Crippen molar-refractivity contribution in [2.24, 2.45) is 0 Å². The van der Waals surface area contributed by atoms with Gasteiger partial charge in [-0.2, -0.15) is 0 Å². The van der Waals surface area contributed by atoms with Gasteiger partial charge in [-0.1, -0.05) is 11.2 Å². The van der Waals surface area contributed by atoms with Gasteiger partial charge in [0, 0.05) is 37.5 Å². The number of nitrogens with zero attached hydrogens (tertiary/aromatic N) is 3. The van der Waals surface area contributed by atoms with Crippen molar-refractivity contribution in [3.63, 3.8) is 0 Å². The molecule has 27 heavy (non-hydrogen) atoms. The van der Waals surface area contributed by atoms with Crippen molar-refractivity contribution in [3.05, 3.63) is 76.9 Å². The van der Waals surface area contributed by atoms with E-state index in [-0.39, 0.29) is 5.91 Å². The monoisotopic (exact) mass is 365 g/mol. The van der Waals surface area contributed by atoms with Crippen molar-refractivity contribution in [2.45, 2.75) is 26.9 Å². The molecule has 1 aromatic carbocycles. The van der Waals surface area contributed by atoms with E-state index in [2.05, 4.69) is 10.1 Å². The van der Waals surface area contributed by atoms with Crippen LogP contribution in [0.1, 0.15) is 33.1 Å². The minimum atomic E-state index is -0.0248. The van der Waals surface area contributed by atoms with Gasteiger partial charge in [0.05, 0.1) is 11.3 Å². The van der Waals surface area contributed by atoms with E-state index in [0.29, 0.717) is 24.5 Å². The summed E-state index contributed by atoms with van der Waals surface area (Å²) >= 11 is 0. The molecule has 0 saturated heterocycles. The highest BCUT2D eigenvalue weighted by Gasteiger charge is 2.13. The number of aromatic nitrogens is 2. The maximum atomic E-state index is 12.6. The van der Waals surface area contributed by atoms with E-state index in [0.717, 1.165) is 29.1 Å². The van der Waals surface area contributed by atoms with Crippen molar-refractivity contribution in [2.75, 3.05) is 13.6 Å². The number of amides is 1. The molecule has 0 aliphatic heterocycles. The fourth-order valence-corrected chi connectivity index (χ4v) is 2.71. The zero-order valence-electron chi connectivity index (χ0n) is 15.8. The molecule has 0 spiro atoms. The van der Waals surface area contributed by atoms with Crippen LogP contribution in [0, 0.1) is 13.8 Å². The zero-order valence-corrected chi connectivity index (χ0v) is 15.8. The first kappa shape index (κ1) is 18.6. The molecule has 6 nitrogen and oxygen atoms in total. The van der Waals surface area contributed by atoms with E-state index in [1.807, 2.05) is 32.0 Å². The molecule has 140 valence electrons. The second-order valence-corrected chi connectivity index (χ2v) is 6.41. The molecule has 3 rings (SSSR count). The molecule has 1 amide bonds. The Labute approximate surface area is 158 Å². The van der Waals surface area contributed by atoms with E-state index in [1.165, 1.54) is 0 Å². The first-order valence-corrected chi connectivity index (χ1v) is 8.84. The summed E-state index contributed by atoms with van der Waals surface area (Å²) in [5, 5.41) is 3.91. The lowest BCUT2D eigenvalue weighted by Gasteiger charge is -2.17. The number of likely N-dealkylation sites (N-methyl/N-ethyl adjacent to an activating group) is 1. The van der Waals surface area contributed by atoms with Gasteiger partial charge in [-0.3, -0.25) is 9.78 Å². The van der Waals surface area contributed by atoms with Gasteiger partial charge in [0.25, 0.3) is 5.91 Å². The summed E-state index contributed by atoms with van der Waals surface area (Å²) in [5.74, 6) is 1.43. The van der Waals surface area contributed by atoms with Crippen LogP contribution < -0.4 is 4.74 Å². The Hall–Kier alpha value is -3.15. The molecule has 3 aromatic rings. The molecule has 0 bridgehead atoms. The van der Waals surface area contributed by atoms with Crippen molar-refractivity contribution >= 4 is 5.91 Å². The van der Waals surface area contributed by atoms with Crippen molar-refractivity contribution < 1.29 is 14.1 Å². The average molecular weight is 365 g/mol. The topological polar surface area (TPSA) is 68.5 Å². The average Bonchev–Trinajstić information content (AvgIpc) is 3.02. The second kappa shape index (κ2) is 8.49. The number of pyridine rings is 1. The number of aryl methyl sites for hydroxylation is 2. The fraction of sp³-hybridized carbons (Fsp3) is 0.286. The first-order chi connectivity index (χ1) is 13.0. The van der Waals surface area contributed by atoms with Gasteiger partial charge < -0.3 is 14.2 Å². The predicted octanol–water partition coefficient (Wildman–Crippen LogP) is 3.58. The molecule has 0 unspecified atom stereocenters. The SMILES string of the molecule is Cc1noc(C)c1COc1ccc(C(=O)N(C)CCc2ccccn2)cc1. The Balaban J connectivity index is 1.55. The molecule has 0 saturated carbocycles. The van der Waals surface area contributed by atoms with Crippen LogP contribution in [0.4, 0.5) is 0 Å². The Morgan fingerprint density at radius 3 is 2.56 bits per heavy atom. The van der Waals surface area contributed by atoms with Crippen LogP contribution in [0.25, 0.3) is 0 Å². The number of carbonyl (C=O) groups excluding carboxylic acids is 1. The molecule has 0 N–H and O–H groups in total. The Bertz CT molecular complexity index is 869. The third kappa shape index (κ3) is 4.73. The van der Waals surface area contributed by atoms with Crippen molar-refractivity contribution in [1.82, 2.24) is 15.0 Å². The molecule has 0 aliphatic rings. The van der Waals surface area contributed by atoms with Gasteiger partial charge in [-0.15, -0.1) is 0 Å². The van der Waals surface area contributed by atoms with Gasteiger partial charge in [-0.25, -0.2) is 0 Å². The normalized spacial score (nSPS) is 10.6. The highest BCUT2D eigenvalue weighted by molar-refractivity contribution is 5.94. The van der Waals surface area contributed by atoms with Crippen LogP contribution in [-0.2, 0) is 13.0 Å². The maximum Gasteiger partial charge on any atom is 0.253 e. The molecule has 6 heteroatoms. The lowest BCUT2D eigenvalue weighted by Crippen LogP contribution is -2.28.